The topological polar surface area (TPSA) is 74.3 Å². The quantitative estimate of drug-likeness (QED) is 0.766. The Kier molecular flexibility index (Phi) is 4.70. The maximum absolute atomic E-state index is 13.2. The van der Waals surface area contributed by atoms with Crippen LogP contribution in [-0.2, 0) is 27.8 Å². The second kappa shape index (κ2) is 7.52. The fourth-order valence-electron chi connectivity index (χ4n) is 6.33. The SMILES string of the molecule is CC1CNC2(CCCC2)C(=O)N1C/C=C/c1ccc2c(c1)CC1(C2)C(=O)Nc2ncccc21. The van der Waals surface area contributed by atoms with Crippen molar-refractivity contribution in [1.82, 2.24) is 15.2 Å². The Bertz CT molecular complexity index is 1170. The molecule has 2 aliphatic carbocycles. The minimum absolute atomic E-state index is 0.0524. The normalized spacial score (nSPS) is 27.5. The third-order valence-corrected chi connectivity index (χ3v) is 8.21. The Balaban J connectivity index is 1.19. The Labute approximate surface area is 194 Å². The smallest absolute Gasteiger partial charge is 0.243 e. The molecular weight excluding hydrogens is 412 g/mol. The first-order valence-corrected chi connectivity index (χ1v) is 12.1. The van der Waals surface area contributed by atoms with Gasteiger partial charge in [-0.3, -0.25) is 9.59 Å². The zero-order valence-electron chi connectivity index (χ0n) is 19.1. The van der Waals surface area contributed by atoms with Crippen LogP contribution in [0.15, 0.2) is 42.6 Å². The van der Waals surface area contributed by atoms with Crippen LogP contribution in [0.25, 0.3) is 6.08 Å². The molecule has 2 amide bonds. The van der Waals surface area contributed by atoms with Gasteiger partial charge in [0.1, 0.15) is 5.82 Å². The van der Waals surface area contributed by atoms with E-state index in [-0.39, 0.29) is 23.4 Å². The van der Waals surface area contributed by atoms with Crippen molar-refractivity contribution in [1.29, 1.82) is 0 Å². The number of hydrogen-bond acceptors (Lipinski definition) is 4. The summed E-state index contributed by atoms with van der Waals surface area (Å²) < 4.78 is 0. The maximum Gasteiger partial charge on any atom is 0.243 e. The van der Waals surface area contributed by atoms with Crippen LogP contribution in [0.5, 0.6) is 0 Å². The van der Waals surface area contributed by atoms with Gasteiger partial charge < -0.3 is 15.5 Å². The average Bonchev–Trinajstić information content (AvgIpc) is 3.51. The van der Waals surface area contributed by atoms with Gasteiger partial charge in [-0.05, 0) is 55.4 Å². The van der Waals surface area contributed by atoms with E-state index in [0.29, 0.717) is 25.2 Å². The van der Waals surface area contributed by atoms with Crippen molar-refractivity contribution in [3.63, 3.8) is 0 Å². The van der Waals surface area contributed by atoms with Crippen LogP contribution in [-0.4, -0.2) is 46.4 Å². The number of pyridine rings is 1. The number of nitrogens with one attached hydrogen (secondary N) is 2. The summed E-state index contributed by atoms with van der Waals surface area (Å²) in [6, 6.07) is 10.6. The fraction of sp³-hybridized carbons (Fsp3) is 0.444. The summed E-state index contributed by atoms with van der Waals surface area (Å²) in [6.07, 6.45) is 11.5. The lowest BCUT2D eigenvalue weighted by Gasteiger charge is -2.44. The minimum atomic E-state index is -0.535. The molecule has 33 heavy (non-hydrogen) atoms. The van der Waals surface area contributed by atoms with Gasteiger partial charge in [-0.15, -0.1) is 0 Å². The van der Waals surface area contributed by atoms with Crippen LogP contribution in [0, 0.1) is 0 Å². The van der Waals surface area contributed by atoms with Crippen LogP contribution in [0.1, 0.15) is 54.9 Å². The van der Waals surface area contributed by atoms with Crippen molar-refractivity contribution in [2.75, 3.05) is 18.4 Å². The monoisotopic (exact) mass is 442 g/mol. The van der Waals surface area contributed by atoms with Crippen molar-refractivity contribution in [2.45, 2.75) is 62.4 Å². The first kappa shape index (κ1) is 20.6. The van der Waals surface area contributed by atoms with Gasteiger partial charge in [0.2, 0.25) is 11.8 Å². The van der Waals surface area contributed by atoms with E-state index in [0.717, 1.165) is 43.4 Å². The second-order valence-electron chi connectivity index (χ2n) is 10.2. The summed E-state index contributed by atoms with van der Waals surface area (Å²) in [7, 11) is 0. The molecule has 1 aromatic carbocycles. The van der Waals surface area contributed by atoms with E-state index in [4.69, 9.17) is 0 Å². The highest BCUT2D eigenvalue weighted by Crippen LogP contribution is 2.46. The number of amides is 2. The Morgan fingerprint density at radius 3 is 2.82 bits per heavy atom. The fourth-order valence-corrected chi connectivity index (χ4v) is 6.33. The van der Waals surface area contributed by atoms with Crippen LogP contribution < -0.4 is 10.6 Å². The summed E-state index contributed by atoms with van der Waals surface area (Å²) in [5.74, 6) is 1.01. The molecule has 0 radical (unpaired) electrons. The number of hydrogen-bond donors (Lipinski definition) is 2. The number of nitrogens with zero attached hydrogens (tertiary/aromatic N) is 2. The number of anilines is 1. The van der Waals surface area contributed by atoms with E-state index >= 15 is 0 Å². The molecule has 0 bridgehead atoms. The van der Waals surface area contributed by atoms with E-state index in [1.54, 1.807) is 6.20 Å². The second-order valence-corrected chi connectivity index (χ2v) is 10.2. The molecule has 170 valence electrons. The van der Waals surface area contributed by atoms with Crippen LogP contribution in [0.3, 0.4) is 0 Å². The van der Waals surface area contributed by atoms with Crippen molar-refractivity contribution in [2.24, 2.45) is 0 Å². The standard InChI is InChI=1S/C27H30N4O2/c1-18-17-29-27(10-2-3-11-27)25(33)31(18)13-5-6-19-8-9-20-15-26(16-21(20)14-19)22-7-4-12-28-23(22)30-24(26)32/h4-9,12,14,18,29H,2-3,10-11,13,15-17H2,1H3,(H,28,30,32)/b6-5+. The highest BCUT2D eigenvalue weighted by Gasteiger charge is 2.51. The molecule has 2 aromatic rings. The summed E-state index contributed by atoms with van der Waals surface area (Å²) in [4.78, 5) is 32.5. The molecule has 6 nitrogen and oxygen atoms in total. The van der Waals surface area contributed by atoms with E-state index in [1.807, 2.05) is 17.0 Å². The number of piperazine rings is 1. The predicted octanol–water partition coefficient (Wildman–Crippen LogP) is 3.22. The zero-order chi connectivity index (χ0) is 22.6. The molecule has 2 aliphatic heterocycles. The summed E-state index contributed by atoms with van der Waals surface area (Å²) in [5, 5.41) is 6.51. The molecule has 1 aromatic heterocycles. The Hall–Kier alpha value is -2.99. The third kappa shape index (κ3) is 3.15. The molecular formula is C27H30N4O2. The van der Waals surface area contributed by atoms with Gasteiger partial charge in [0.25, 0.3) is 0 Å². The lowest BCUT2D eigenvalue weighted by atomic mass is 9.79. The predicted molar refractivity (Wildman–Crippen MR) is 128 cm³/mol. The van der Waals surface area contributed by atoms with Crippen molar-refractivity contribution in [3.8, 4) is 0 Å². The van der Waals surface area contributed by atoms with Crippen molar-refractivity contribution < 1.29 is 9.59 Å². The largest absolute Gasteiger partial charge is 0.333 e. The van der Waals surface area contributed by atoms with E-state index in [2.05, 4.69) is 52.9 Å². The van der Waals surface area contributed by atoms with Gasteiger partial charge >= 0.3 is 0 Å². The summed E-state index contributed by atoms with van der Waals surface area (Å²) in [5.41, 5.74) is 3.72. The van der Waals surface area contributed by atoms with Crippen molar-refractivity contribution >= 4 is 23.7 Å². The number of rotatable bonds is 3. The molecule has 3 heterocycles. The third-order valence-electron chi connectivity index (χ3n) is 8.21. The average molecular weight is 443 g/mol. The molecule has 2 unspecified atom stereocenters. The van der Waals surface area contributed by atoms with Crippen LogP contribution in [0.2, 0.25) is 0 Å². The molecule has 6 rings (SSSR count). The number of fused-ring (bicyclic) bond motifs is 3. The van der Waals surface area contributed by atoms with Crippen molar-refractivity contribution in [3.05, 3.63) is 64.9 Å². The van der Waals surface area contributed by atoms with Crippen LogP contribution in [0.4, 0.5) is 5.82 Å². The molecule has 2 N–H and O–H groups in total. The number of aromatic nitrogens is 1. The van der Waals surface area contributed by atoms with Gasteiger partial charge in [-0.25, -0.2) is 4.98 Å². The van der Waals surface area contributed by atoms with Gasteiger partial charge in [-0.2, -0.15) is 0 Å². The number of carbonyl (C=O) groups excluding carboxylic acids is 2. The Morgan fingerprint density at radius 1 is 1.15 bits per heavy atom. The Morgan fingerprint density at radius 2 is 1.97 bits per heavy atom. The van der Waals surface area contributed by atoms with Gasteiger partial charge in [0.05, 0.1) is 11.0 Å². The maximum atomic E-state index is 13.2. The summed E-state index contributed by atoms with van der Waals surface area (Å²) >= 11 is 0. The lowest BCUT2D eigenvalue weighted by molar-refractivity contribution is -0.143. The highest BCUT2D eigenvalue weighted by molar-refractivity contribution is 6.06. The summed E-state index contributed by atoms with van der Waals surface area (Å²) in [6.45, 7) is 3.61. The van der Waals surface area contributed by atoms with Gasteiger partial charge in [0.15, 0.2) is 0 Å². The van der Waals surface area contributed by atoms with Gasteiger partial charge in [-0.1, -0.05) is 49.3 Å². The molecule has 2 fully saturated rings. The molecule has 6 heteroatoms. The first-order valence-electron chi connectivity index (χ1n) is 12.1. The van der Waals surface area contributed by atoms with E-state index in [1.165, 1.54) is 11.1 Å². The first-order chi connectivity index (χ1) is 16.0. The van der Waals surface area contributed by atoms with E-state index < -0.39 is 5.41 Å². The van der Waals surface area contributed by atoms with Crippen LogP contribution >= 0.6 is 0 Å². The molecule has 1 saturated carbocycles. The van der Waals surface area contributed by atoms with E-state index in [9.17, 15) is 9.59 Å². The molecule has 4 aliphatic rings. The highest BCUT2D eigenvalue weighted by atomic mass is 16.2. The number of carbonyl (C=O) groups is 2. The zero-order valence-corrected chi connectivity index (χ0v) is 19.1. The molecule has 2 spiro atoms. The van der Waals surface area contributed by atoms with Gasteiger partial charge in [0, 0.05) is 30.9 Å². The minimum Gasteiger partial charge on any atom is -0.333 e. The lowest BCUT2D eigenvalue weighted by Crippen LogP contribution is -2.66. The number of benzene rings is 1. The molecule has 1 saturated heterocycles. The molecule has 2 atom stereocenters.